The van der Waals surface area contributed by atoms with E-state index in [4.69, 9.17) is 9.84 Å². The van der Waals surface area contributed by atoms with Crippen LogP contribution in [0.5, 0.6) is 0 Å². The number of nitrogens with one attached hydrogen (secondary N) is 2. The van der Waals surface area contributed by atoms with Crippen LogP contribution in [0.25, 0.3) is 11.1 Å². The lowest BCUT2D eigenvalue weighted by molar-refractivity contribution is -0.146. The van der Waals surface area contributed by atoms with E-state index in [0.29, 0.717) is 6.42 Å². The lowest BCUT2D eigenvalue weighted by atomic mass is 9.98. The molecule has 34 heavy (non-hydrogen) atoms. The van der Waals surface area contributed by atoms with Crippen molar-refractivity contribution in [3.63, 3.8) is 0 Å². The highest BCUT2D eigenvalue weighted by molar-refractivity contribution is 5.85. The Balaban J connectivity index is 1.54. The maximum Gasteiger partial charge on any atom is 0.407 e. The van der Waals surface area contributed by atoms with Crippen molar-refractivity contribution < 1.29 is 33.0 Å². The highest BCUT2D eigenvalue weighted by atomic mass is 19.3. The smallest absolute Gasteiger partial charge is 0.407 e. The van der Waals surface area contributed by atoms with E-state index in [1.165, 1.54) is 0 Å². The molecule has 7 nitrogen and oxygen atoms in total. The number of benzene rings is 2. The predicted molar refractivity (Wildman–Crippen MR) is 122 cm³/mol. The maximum absolute atomic E-state index is 14.3. The molecule has 0 aliphatic heterocycles. The molecule has 3 rings (SSSR count). The number of carboxylic acids is 1. The molecule has 1 aliphatic carbocycles. The second-order valence-electron chi connectivity index (χ2n) is 8.29. The Labute approximate surface area is 196 Å². The Morgan fingerprint density at radius 1 is 1.06 bits per heavy atom. The molecule has 9 heteroatoms. The molecule has 2 aromatic carbocycles. The van der Waals surface area contributed by atoms with E-state index in [0.717, 1.165) is 28.7 Å². The first-order chi connectivity index (χ1) is 16.2. The molecule has 0 aromatic heterocycles. The number of alkyl halides is 2. The number of carboxylic acid groups (broad SMARTS) is 1. The zero-order chi connectivity index (χ0) is 24.7. The van der Waals surface area contributed by atoms with Crippen LogP contribution in [0.1, 0.15) is 49.7 Å². The van der Waals surface area contributed by atoms with Gasteiger partial charge in [-0.05, 0) is 28.7 Å². The summed E-state index contributed by atoms with van der Waals surface area (Å²) in [6.07, 6.45) is 0.0574. The number of amides is 2. The summed E-state index contributed by atoms with van der Waals surface area (Å²) in [7, 11) is 0. The van der Waals surface area contributed by atoms with Gasteiger partial charge in [-0.2, -0.15) is 8.78 Å². The average molecular weight is 475 g/mol. The van der Waals surface area contributed by atoms with Crippen LogP contribution in [0, 0.1) is 0 Å². The highest BCUT2D eigenvalue weighted by Crippen LogP contribution is 2.44. The van der Waals surface area contributed by atoms with Crippen molar-refractivity contribution in [2.45, 2.75) is 50.5 Å². The number of rotatable bonds is 11. The van der Waals surface area contributed by atoms with Crippen LogP contribution < -0.4 is 10.6 Å². The Hall–Kier alpha value is -3.49. The first-order valence-corrected chi connectivity index (χ1v) is 11.2. The summed E-state index contributed by atoms with van der Waals surface area (Å²) < 4.78 is 33.8. The van der Waals surface area contributed by atoms with Crippen molar-refractivity contribution in [1.29, 1.82) is 0 Å². The van der Waals surface area contributed by atoms with Crippen LogP contribution in [0.3, 0.4) is 0 Å². The van der Waals surface area contributed by atoms with Gasteiger partial charge in [0, 0.05) is 12.0 Å². The summed E-state index contributed by atoms with van der Waals surface area (Å²) in [5.41, 5.74) is 4.04. The van der Waals surface area contributed by atoms with E-state index in [-0.39, 0.29) is 18.9 Å². The lowest BCUT2D eigenvalue weighted by Gasteiger charge is -2.22. The van der Waals surface area contributed by atoms with Crippen LogP contribution in [0.4, 0.5) is 13.6 Å². The van der Waals surface area contributed by atoms with Crippen LogP contribution >= 0.6 is 0 Å². The average Bonchev–Trinajstić information content (AvgIpc) is 3.13. The molecule has 2 aromatic rings. The molecule has 0 bridgehead atoms. The van der Waals surface area contributed by atoms with Crippen LogP contribution in [0.15, 0.2) is 48.5 Å². The topological polar surface area (TPSA) is 105 Å². The molecule has 0 spiro atoms. The summed E-state index contributed by atoms with van der Waals surface area (Å²) in [6.45, 7) is 0.560. The van der Waals surface area contributed by atoms with Crippen molar-refractivity contribution in [2.24, 2.45) is 0 Å². The zero-order valence-electron chi connectivity index (χ0n) is 18.9. The summed E-state index contributed by atoms with van der Waals surface area (Å²) in [5.74, 6) is -6.97. The first kappa shape index (κ1) is 25.1. The number of aliphatic carboxylic acids is 1. The number of hydrogen-bond donors (Lipinski definition) is 3. The molecule has 182 valence electrons. The van der Waals surface area contributed by atoms with Crippen molar-refractivity contribution >= 4 is 18.0 Å². The van der Waals surface area contributed by atoms with Gasteiger partial charge in [-0.3, -0.25) is 9.59 Å². The minimum Gasteiger partial charge on any atom is -0.481 e. The fourth-order valence-electron chi connectivity index (χ4n) is 4.09. The van der Waals surface area contributed by atoms with E-state index in [1.807, 2.05) is 60.8 Å². The van der Waals surface area contributed by atoms with Gasteiger partial charge in [0.15, 0.2) is 0 Å². The first-order valence-electron chi connectivity index (χ1n) is 11.2. The van der Waals surface area contributed by atoms with Gasteiger partial charge >= 0.3 is 18.0 Å². The third-order valence-electron chi connectivity index (χ3n) is 5.79. The number of fused-ring (bicyclic) bond motifs is 3. The molecule has 0 unspecified atom stereocenters. The quantitative estimate of drug-likeness (QED) is 0.450. The molecular weight excluding hydrogens is 446 g/mol. The second kappa shape index (κ2) is 11.1. The number of ether oxygens (including phenoxy) is 1. The molecule has 1 atom stereocenters. The molecule has 0 radical (unpaired) electrons. The van der Waals surface area contributed by atoms with Crippen molar-refractivity contribution in [3.05, 3.63) is 59.7 Å². The van der Waals surface area contributed by atoms with Gasteiger partial charge in [-0.25, -0.2) is 4.79 Å². The number of carbonyl (C=O) groups is 3. The van der Waals surface area contributed by atoms with Crippen molar-refractivity contribution in [1.82, 2.24) is 10.6 Å². The van der Waals surface area contributed by atoms with Crippen molar-refractivity contribution in [2.75, 3.05) is 13.2 Å². The Morgan fingerprint density at radius 3 is 2.21 bits per heavy atom. The Morgan fingerprint density at radius 2 is 1.65 bits per heavy atom. The standard InChI is InChI=1S/C25H28F2N2O5/c1-2-3-8-16(13-22(30)31)29-23(32)25(26,27)15-28-24(33)34-14-21-19-11-6-4-9-17(19)18-10-5-7-12-20(18)21/h4-7,9-12,16,21H,2-3,8,13-15H2,1H3,(H,28,33)(H,29,32)(H,30,31)/t16-/m0/s1. The van der Waals surface area contributed by atoms with Gasteiger partial charge in [-0.1, -0.05) is 68.3 Å². The monoisotopic (exact) mass is 474 g/mol. The number of halogens is 2. The highest BCUT2D eigenvalue weighted by Gasteiger charge is 2.40. The molecule has 1 aliphatic rings. The number of carbonyl (C=O) groups excluding carboxylic acids is 2. The fourth-order valence-corrected chi connectivity index (χ4v) is 4.09. The molecule has 0 saturated carbocycles. The van der Waals surface area contributed by atoms with E-state index in [1.54, 1.807) is 0 Å². The van der Waals surface area contributed by atoms with E-state index < -0.39 is 42.9 Å². The van der Waals surface area contributed by atoms with E-state index in [9.17, 15) is 23.2 Å². The number of unbranched alkanes of at least 4 members (excludes halogenated alkanes) is 1. The third-order valence-corrected chi connectivity index (χ3v) is 5.79. The minimum absolute atomic E-state index is 0.0463. The minimum atomic E-state index is -3.92. The molecular formula is C25H28F2N2O5. The summed E-state index contributed by atoms with van der Waals surface area (Å²) in [5, 5.41) is 13.0. The van der Waals surface area contributed by atoms with Crippen LogP contribution in [-0.4, -0.2) is 48.2 Å². The Kier molecular flexibility index (Phi) is 8.20. The Bertz CT molecular complexity index is 998. The van der Waals surface area contributed by atoms with E-state index >= 15 is 0 Å². The third kappa shape index (κ3) is 6.09. The second-order valence-corrected chi connectivity index (χ2v) is 8.29. The van der Waals surface area contributed by atoms with Crippen LogP contribution in [0.2, 0.25) is 0 Å². The fraction of sp³-hybridized carbons (Fsp3) is 0.400. The van der Waals surface area contributed by atoms with Gasteiger partial charge in [0.1, 0.15) is 6.61 Å². The lowest BCUT2D eigenvalue weighted by Crippen LogP contribution is -2.51. The molecule has 2 amide bonds. The van der Waals surface area contributed by atoms with Gasteiger partial charge < -0.3 is 20.5 Å². The van der Waals surface area contributed by atoms with Gasteiger partial charge in [0.25, 0.3) is 5.91 Å². The van der Waals surface area contributed by atoms with E-state index in [2.05, 4.69) is 5.32 Å². The summed E-state index contributed by atoms with van der Waals surface area (Å²) in [4.78, 5) is 35.1. The molecule has 0 heterocycles. The maximum atomic E-state index is 14.3. The number of alkyl carbamates (subject to hydrolysis) is 1. The SMILES string of the molecule is CCCC[C@@H](CC(=O)O)NC(=O)C(F)(F)CNC(=O)OCC1c2ccccc2-c2ccccc21. The molecule has 0 fully saturated rings. The molecule has 0 saturated heterocycles. The van der Waals surface area contributed by atoms with Crippen molar-refractivity contribution in [3.8, 4) is 11.1 Å². The zero-order valence-corrected chi connectivity index (χ0v) is 18.9. The normalized spacial score (nSPS) is 13.5. The summed E-state index contributed by atoms with van der Waals surface area (Å²) >= 11 is 0. The largest absolute Gasteiger partial charge is 0.481 e. The van der Waals surface area contributed by atoms with Gasteiger partial charge in [-0.15, -0.1) is 0 Å². The molecule has 3 N–H and O–H groups in total. The summed E-state index contributed by atoms with van der Waals surface area (Å²) in [6, 6.07) is 14.5. The number of hydrogen-bond acceptors (Lipinski definition) is 4. The van der Waals surface area contributed by atoms with Gasteiger partial charge in [0.2, 0.25) is 0 Å². The predicted octanol–water partition coefficient (Wildman–Crippen LogP) is 4.31. The van der Waals surface area contributed by atoms with Gasteiger partial charge in [0.05, 0.1) is 13.0 Å². The van der Waals surface area contributed by atoms with Crippen LogP contribution in [-0.2, 0) is 14.3 Å².